The molecule has 0 aliphatic carbocycles. The number of hydrazone groups is 1. The highest BCUT2D eigenvalue weighted by atomic mass is 15.6. The van der Waals surface area contributed by atoms with E-state index in [2.05, 4.69) is 56.6 Å². The Kier molecular flexibility index (Phi) is 4.84. The first-order valence-electron chi connectivity index (χ1n) is 6.93. The van der Waals surface area contributed by atoms with E-state index in [0.29, 0.717) is 17.6 Å². The zero-order chi connectivity index (χ0) is 13.1. The van der Waals surface area contributed by atoms with Crippen LogP contribution in [0.3, 0.4) is 0 Å². The lowest BCUT2D eigenvalue weighted by atomic mass is 9.96. The van der Waals surface area contributed by atoms with Gasteiger partial charge in [-0.3, -0.25) is 5.01 Å². The molecule has 0 bridgehead atoms. The molecule has 1 heterocycles. The second kappa shape index (κ2) is 5.74. The highest BCUT2D eigenvalue weighted by Crippen LogP contribution is 2.25. The first-order valence-corrected chi connectivity index (χ1v) is 6.93. The summed E-state index contributed by atoms with van der Waals surface area (Å²) in [5.41, 5.74) is 0.323. The average Bonchev–Trinajstić information content (AvgIpc) is 2.55. The monoisotopic (exact) mass is 239 g/mol. The van der Waals surface area contributed by atoms with Crippen molar-refractivity contribution in [2.45, 2.75) is 73.0 Å². The molecule has 1 aliphatic heterocycles. The van der Waals surface area contributed by atoms with Gasteiger partial charge >= 0.3 is 0 Å². The van der Waals surface area contributed by atoms with Crippen LogP contribution >= 0.6 is 0 Å². The zero-order valence-corrected chi connectivity index (χ0v) is 12.4. The van der Waals surface area contributed by atoms with E-state index in [-0.39, 0.29) is 0 Å². The van der Waals surface area contributed by atoms with Crippen molar-refractivity contribution >= 4 is 6.34 Å². The lowest BCUT2D eigenvalue weighted by Gasteiger charge is -2.36. The van der Waals surface area contributed by atoms with Gasteiger partial charge in [0, 0.05) is 12.6 Å². The van der Waals surface area contributed by atoms with E-state index in [4.69, 9.17) is 0 Å². The van der Waals surface area contributed by atoms with Gasteiger partial charge < -0.3 is 4.90 Å². The Morgan fingerprint density at radius 2 is 1.94 bits per heavy atom. The van der Waals surface area contributed by atoms with E-state index < -0.39 is 0 Å². The number of hydrogen-bond donors (Lipinski definition) is 0. The summed E-state index contributed by atoms with van der Waals surface area (Å²) < 4.78 is 0. The fourth-order valence-electron chi connectivity index (χ4n) is 2.29. The minimum absolute atomic E-state index is 0.323. The summed E-state index contributed by atoms with van der Waals surface area (Å²) in [6.45, 7) is 14.6. The maximum absolute atomic E-state index is 4.57. The molecule has 100 valence electrons. The first kappa shape index (κ1) is 14.3. The highest BCUT2D eigenvalue weighted by Gasteiger charge is 2.31. The van der Waals surface area contributed by atoms with Gasteiger partial charge in [-0.05, 0) is 32.1 Å². The Hall–Kier alpha value is -0.730. The van der Waals surface area contributed by atoms with Crippen molar-refractivity contribution in [2.24, 2.45) is 10.5 Å². The lowest BCUT2D eigenvalue weighted by molar-refractivity contribution is 0.0738. The molecule has 17 heavy (non-hydrogen) atoms. The van der Waals surface area contributed by atoms with Gasteiger partial charge in [0.15, 0.2) is 0 Å². The van der Waals surface area contributed by atoms with Crippen LogP contribution in [0, 0.1) is 5.41 Å². The van der Waals surface area contributed by atoms with E-state index >= 15 is 0 Å². The summed E-state index contributed by atoms with van der Waals surface area (Å²) in [6.07, 6.45) is 6.24. The molecule has 3 nitrogen and oxygen atoms in total. The van der Waals surface area contributed by atoms with E-state index in [1.807, 2.05) is 6.34 Å². The summed E-state index contributed by atoms with van der Waals surface area (Å²) in [5, 5.41) is 6.82. The van der Waals surface area contributed by atoms with Gasteiger partial charge in [-0.1, -0.05) is 34.1 Å². The topological polar surface area (TPSA) is 18.8 Å². The summed E-state index contributed by atoms with van der Waals surface area (Å²) >= 11 is 0. The van der Waals surface area contributed by atoms with Crippen molar-refractivity contribution in [1.29, 1.82) is 0 Å². The molecule has 1 unspecified atom stereocenters. The summed E-state index contributed by atoms with van der Waals surface area (Å²) in [4.78, 5) is 2.41. The normalized spacial score (nSPS) is 20.8. The largest absolute Gasteiger partial charge is 0.339 e. The Morgan fingerprint density at radius 1 is 1.29 bits per heavy atom. The number of rotatable bonds is 5. The van der Waals surface area contributed by atoms with E-state index in [9.17, 15) is 0 Å². The summed E-state index contributed by atoms with van der Waals surface area (Å²) in [5.74, 6) is 0. The molecule has 0 aromatic rings. The number of nitrogens with zero attached hydrogens (tertiary/aromatic N) is 3. The van der Waals surface area contributed by atoms with Crippen molar-refractivity contribution in [3.63, 3.8) is 0 Å². The quantitative estimate of drug-likeness (QED) is 0.731. The van der Waals surface area contributed by atoms with E-state index in [0.717, 1.165) is 6.54 Å². The number of unbranched alkanes of at least 4 members (excludes halogenated alkanes) is 1. The van der Waals surface area contributed by atoms with Gasteiger partial charge in [0.25, 0.3) is 0 Å². The predicted molar refractivity (Wildman–Crippen MR) is 74.9 cm³/mol. The van der Waals surface area contributed by atoms with Gasteiger partial charge in [-0.2, -0.15) is 5.10 Å². The zero-order valence-electron chi connectivity index (χ0n) is 12.4. The van der Waals surface area contributed by atoms with Crippen LogP contribution in [0.25, 0.3) is 0 Å². The van der Waals surface area contributed by atoms with Crippen LogP contribution in [-0.2, 0) is 0 Å². The molecule has 0 aromatic carbocycles. The first-order chi connectivity index (χ1) is 7.85. The van der Waals surface area contributed by atoms with Crippen molar-refractivity contribution < 1.29 is 0 Å². The molecule has 1 atom stereocenters. The summed E-state index contributed by atoms with van der Waals surface area (Å²) in [6, 6.07) is 0.484. The molecule has 0 amide bonds. The van der Waals surface area contributed by atoms with Crippen LogP contribution in [0.15, 0.2) is 5.10 Å². The fraction of sp³-hybridized carbons (Fsp3) is 0.929. The predicted octanol–water partition coefficient (Wildman–Crippen LogP) is 3.52. The molecule has 0 aromatic heterocycles. The molecule has 0 fully saturated rings. The average molecular weight is 239 g/mol. The third-order valence-electron chi connectivity index (χ3n) is 3.02. The van der Waals surface area contributed by atoms with Crippen molar-refractivity contribution in [1.82, 2.24) is 9.91 Å². The molecule has 0 radical (unpaired) electrons. The van der Waals surface area contributed by atoms with Crippen molar-refractivity contribution in [3.05, 3.63) is 0 Å². The molecule has 0 saturated carbocycles. The fourth-order valence-corrected chi connectivity index (χ4v) is 2.29. The van der Waals surface area contributed by atoms with Crippen LogP contribution in [0.4, 0.5) is 0 Å². The maximum atomic E-state index is 4.57. The van der Waals surface area contributed by atoms with Crippen LogP contribution < -0.4 is 0 Å². The van der Waals surface area contributed by atoms with Gasteiger partial charge in [-0.15, -0.1) is 0 Å². The number of hydrogen-bond acceptors (Lipinski definition) is 3. The Bertz CT molecular complexity index is 253. The molecule has 0 N–H and O–H groups in total. The molecule has 3 heteroatoms. The molecule has 0 saturated heterocycles. The van der Waals surface area contributed by atoms with Gasteiger partial charge in [-0.25, -0.2) is 0 Å². The smallest absolute Gasteiger partial charge is 0.119 e. The minimum atomic E-state index is 0.323. The van der Waals surface area contributed by atoms with E-state index in [1.165, 1.54) is 19.3 Å². The molecule has 1 aliphatic rings. The Labute approximate surface area is 107 Å². The van der Waals surface area contributed by atoms with Gasteiger partial charge in [0.1, 0.15) is 12.5 Å². The molecular weight excluding hydrogens is 210 g/mol. The molecule has 1 rings (SSSR count). The molecule has 0 spiro atoms. The van der Waals surface area contributed by atoms with Crippen LogP contribution in [0.2, 0.25) is 0 Å². The highest BCUT2D eigenvalue weighted by molar-refractivity contribution is 5.57. The third kappa shape index (κ3) is 4.21. The van der Waals surface area contributed by atoms with Crippen LogP contribution in [0.1, 0.15) is 60.8 Å². The second-order valence-electron chi connectivity index (χ2n) is 6.56. The summed E-state index contributed by atoms with van der Waals surface area (Å²) in [7, 11) is 0. The SMILES string of the molecule is CCCCC1N(CC(C)(C)C)C=NN1C(C)C. The minimum Gasteiger partial charge on any atom is -0.339 e. The Morgan fingerprint density at radius 3 is 2.41 bits per heavy atom. The van der Waals surface area contributed by atoms with Crippen molar-refractivity contribution in [3.8, 4) is 0 Å². The van der Waals surface area contributed by atoms with Crippen LogP contribution in [0.5, 0.6) is 0 Å². The second-order valence-corrected chi connectivity index (χ2v) is 6.56. The standard InChI is InChI=1S/C14H29N3/c1-7-8-9-13-16(10-14(4,5)6)11-15-17(13)12(2)3/h11-13H,7-10H2,1-6H3. The third-order valence-corrected chi connectivity index (χ3v) is 3.02. The molecular formula is C14H29N3. The Balaban J connectivity index is 2.66. The maximum Gasteiger partial charge on any atom is 0.119 e. The van der Waals surface area contributed by atoms with Crippen LogP contribution in [-0.4, -0.2) is 35.0 Å². The van der Waals surface area contributed by atoms with Gasteiger partial charge in [0.2, 0.25) is 0 Å². The lowest BCUT2D eigenvalue weighted by Crippen LogP contribution is -2.45. The van der Waals surface area contributed by atoms with Gasteiger partial charge in [0.05, 0.1) is 0 Å². The van der Waals surface area contributed by atoms with E-state index in [1.54, 1.807) is 0 Å². The van der Waals surface area contributed by atoms with Crippen molar-refractivity contribution in [2.75, 3.05) is 6.54 Å².